The van der Waals surface area contributed by atoms with E-state index in [1.54, 1.807) is 6.07 Å². The number of nitrogens with one attached hydrogen (secondary N) is 1. The van der Waals surface area contributed by atoms with Crippen LogP contribution in [0.2, 0.25) is 0 Å². The van der Waals surface area contributed by atoms with Gasteiger partial charge in [0.1, 0.15) is 6.61 Å². The average molecular weight is 546 g/mol. The Hall–Kier alpha value is -2.84. The van der Waals surface area contributed by atoms with Gasteiger partial charge in [0.15, 0.2) is 11.6 Å². The fraction of sp³-hybridized carbons (Fsp3) is 0.562. The minimum Gasteiger partial charge on any atom is -0.461 e. The van der Waals surface area contributed by atoms with Crippen molar-refractivity contribution in [3.63, 3.8) is 0 Å². The predicted molar refractivity (Wildman–Crippen MR) is 151 cm³/mol. The first-order chi connectivity index (χ1) is 19.6. The van der Waals surface area contributed by atoms with Gasteiger partial charge < -0.3 is 15.0 Å². The first-order valence-electron chi connectivity index (χ1n) is 15.2. The van der Waals surface area contributed by atoms with Gasteiger partial charge in [-0.25, -0.2) is 8.78 Å². The largest absolute Gasteiger partial charge is 0.461 e. The maximum Gasteiger partial charge on any atom is 0.316 e. The van der Waals surface area contributed by atoms with E-state index >= 15 is 4.39 Å². The fourth-order valence-electron chi connectivity index (χ4n) is 8.54. The zero-order valence-corrected chi connectivity index (χ0v) is 23.0. The summed E-state index contributed by atoms with van der Waals surface area (Å²) < 4.78 is 35.8. The Morgan fingerprint density at radius 3 is 2.58 bits per heavy atom. The molecular weight excluding hydrogens is 508 g/mol. The van der Waals surface area contributed by atoms with Crippen molar-refractivity contribution in [1.82, 2.24) is 20.2 Å². The van der Waals surface area contributed by atoms with Crippen LogP contribution in [0.25, 0.3) is 10.8 Å². The number of halogens is 2. The summed E-state index contributed by atoms with van der Waals surface area (Å²) in [5, 5.41) is 4.82. The number of anilines is 1. The van der Waals surface area contributed by atoms with E-state index in [2.05, 4.69) is 15.1 Å². The third-order valence-electron chi connectivity index (χ3n) is 10.5. The van der Waals surface area contributed by atoms with E-state index in [0.717, 1.165) is 38.0 Å². The van der Waals surface area contributed by atoms with Crippen LogP contribution in [-0.4, -0.2) is 58.7 Å². The van der Waals surface area contributed by atoms with E-state index < -0.39 is 11.6 Å². The predicted octanol–water partition coefficient (Wildman–Crippen LogP) is 5.48. The van der Waals surface area contributed by atoms with Crippen molar-refractivity contribution in [1.29, 1.82) is 0 Å². The molecule has 0 unspecified atom stereocenters. The van der Waals surface area contributed by atoms with E-state index in [-0.39, 0.29) is 5.54 Å². The molecule has 2 aromatic carbocycles. The number of hydrogen-bond acceptors (Lipinski definition) is 6. The van der Waals surface area contributed by atoms with Gasteiger partial charge in [0.25, 0.3) is 0 Å². The van der Waals surface area contributed by atoms with Crippen molar-refractivity contribution in [2.24, 2.45) is 0 Å². The summed E-state index contributed by atoms with van der Waals surface area (Å²) in [4.78, 5) is 14.9. The molecule has 0 spiro atoms. The first-order valence-corrected chi connectivity index (χ1v) is 15.2. The van der Waals surface area contributed by atoms with Gasteiger partial charge in [0, 0.05) is 35.6 Å². The monoisotopic (exact) mass is 545 g/mol. The Kier molecular flexibility index (Phi) is 5.99. The topological polar surface area (TPSA) is 53.5 Å². The third-order valence-corrected chi connectivity index (χ3v) is 10.5. The van der Waals surface area contributed by atoms with Gasteiger partial charge in [0.05, 0.1) is 23.5 Å². The number of aromatic nitrogens is 2. The van der Waals surface area contributed by atoms with Crippen molar-refractivity contribution < 1.29 is 13.5 Å². The van der Waals surface area contributed by atoms with Crippen LogP contribution in [-0.2, 0) is 13.0 Å². The SMILES string of the molecule is Fc1ccc2cccc(N3CCc4c(nc(OCC56CCCN5CCC6)nc4[C@H]4C[C@H]5CC[C@@H](C4)N5)C3)c2c1F. The average Bonchev–Trinajstić information content (AvgIpc) is 3.66. The smallest absolute Gasteiger partial charge is 0.316 e. The molecule has 0 aliphatic carbocycles. The Morgan fingerprint density at radius 2 is 1.77 bits per heavy atom. The molecule has 3 atom stereocenters. The molecule has 0 radical (unpaired) electrons. The van der Waals surface area contributed by atoms with E-state index in [1.807, 2.05) is 18.2 Å². The van der Waals surface area contributed by atoms with Crippen LogP contribution in [0.5, 0.6) is 6.01 Å². The Labute approximate surface area is 234 Å². The lowest BCUT2D eigenvalue weighted by atomic mass is 9.85. The standard InChI is InChI=1S/C32H37F2N5O/c33-25-9-6-20-4-1-5-27(28(20)29(25)34)38-15-10-24-26(18-38)36-31(40-19-32-11-2-13-39(32)14-3-12-32)37-30(24)21-16-22-7-8-23(17-21)35-22/h1,4-6,9,21-23,35H,2-3,7-8,10-19H2/t21-,22+,23-. The molecule has 4 fully saturated rings. The number of piperidine rings is 1. The van der Waals surface area contributed by atoms with E-state index in [9.17, 15) is 4.39 Å². The highest BCUT2D eigenvalue weighted by molar-refractivity contribution is 5.95. The molecule has 0 saturated carbocycles. The molecule has 8 heteroatoms. The van der Waals surface area contributed by atoms with Gasteiger partial charge in [0.2, 0.25) is 0 Å². The van der Waals surface area contributed by atoms with Crippen LogP contribution in [0, 0.1) is 11.6 Å². The highest BCUT2D eigenvalue weighted by atomic mass is 19.2. The fourth-order valence-corrected chi connectivity index (χ4v) is 8.54. The molecule has 6 nitrogen and oxygen atoms in total. The van der Waals surface area contributed by atoms with Crippen molar-refractivity contribution in [3.05, 3.63) is 58.9 Å². The quantitative estimate of drug-likeness (QED) is 0.459. The summed E-state index contributed by atoms with van der Waals surface area (Å²) in [6.45, 7) is 4.21. The van der Waals surface area contributed by atoms with Crippen LogP contribution in [0.1, 0.15) is 74.2 Å². The minimum atomic E-state index is -0.814. The van der Waals surface area contributed by atoms with Crippen molar-refractivity contribution in [2.75, 3.05) is 31.1 Å². The summed E-state index contributed by atoms with van der Waals surface area (Å²) >= 11 is 0. The third kappa shape index (κ3) is 4.09. The highest BCUT2D eigenvalue weighted by Gasteiger charge is 2.45. The summed E-state index contributed by atoms with van der Waals surface area (Å²) in [5.41, 5.74) is 4.22. The van der Waals surface area contributed by atoms with E-state index in [4.69, 9.17) is 14.7 Å². The van der Waals surface area contributed by atoms with Crippen molar-refractivity contribution in [3.8, 4) is 6.01 Å². The molecule has 3 aromatic rings. The van der Waals surface area contributed by atoms with Crippen molar-refractivity contribution >= 4 is 16.5 Å². The summed E-state index contributed by atoms with van der Waals surface area (Å²) in [7, 11) is 0. The zero-order chi connectivity index (χ0) is 26.8. The molecule has 8 rings (SSSR count). The number of benzene rings is 2. The number of ether oxygens (including phenoxy) is 1. The van der Waals surface area contributed by atoms with Gasteiger partial charge in [-0.2, -0.15) is 9.97 Å². The Balaban J connectivity index is 1.15. The molecule has 2 bridgehead atoms. The number of nitrogens with zero attached hydrogens (tertiary/aromatic N) is 4. The van der Waals surface area contributed by atoms with Crippen LogP contribution >= 0.6 is 0 Å². The zero-order valence-electron chi connectivity index (χ0n) is 23.0. The summed E-state index contributed by atoms with van der Waals surface area (Å²) in [6, 6.07) is 10.1. The maximum atomic E-state index is 15.1. The highest BCUT2D eigenvalue weighted by Crippen LogP contribution is 2.42. The molecule has 5 aliphatic heterocycles. The lowest BCUT2D eigenvalue weighted by molar-refractivity contribution is 0.107. The van der Waals surface area contributed by atoms with Crippen LogP contribution in [0.3, 0.4) is 0 Å². The molecule has 0 amide bonds. The van der Waals surface area contributed by atoms with Gasteiger partial charge in [-0.1, -0.05) is 18.2 Å². The molecule has 1 aromatic heterocycles. The lowest BCUT2D eigenvalue weighted by Gasteiger charge is -2.35. The molecule has 6 heterocycles. The maximum absolute atomic E-state index is 15.1. The van der Waals surface area contributed by atoms with E-state index in [1.165, 1.54) is 55.8 Å². The number of fused-ring (bicyclic) bond motifs is 5. The lowest BCUT2D eigenvalue weighted by Crippen LogP contribution is -2.43. The molecule has 40 heavy (non-hydrogen) atoms. The Bertz CT molecular complexity index is 1440. The van der Waals surface area contributed by atoms with E-state index in [0.29, 0.717) is 60.2 Å². The second-order valence-corrected chi connectivity index (χ2v) is 12.7. The molecule has 4 saturated heterocycles. The van der Waals surface area contributed by atoms with Gasteiger partial charge in [-0.3, -0.25) is 4.90 Å². The number of hydrogen-bond donors (Lipinski definition) is 1. The summed E-state index contributed by atoms with van der Waals surface area (Å²) in [5.74, 6) is -1.19. The second kappa shape index (κ2) is 9.62. The molecule has 1 N–H and O–H groups in total. The second-order valence-electron chi connectivity index (χ2n) is 12.7. The molecule has 5 aliphatic rings. The van der Waals surface area contributed by atoms with Gasteiger partial charge in [-0.05, 0) is 94.0 Å². The number of rotatable bonds is 5. The minimum absolute atomic E-state index is 0.129. The van der Waals surface area contributed by atoms with Gasteiger partial charge >= 0.3 is 6.01 Å². The normalized spacial score (nSPS) is 27.2. The van der Waals surface area contributed by atoms with Crippen molar-refractivity contribution in [2.45, 2.75) is 87.9 Å². The Morgan fingerprint density at radius 1 is 0.975 bits per heavy atom. The molecule has 210 valence electrons. The van der Waals surface area contributed by atoms with Crippen LogP contribution in [0.4, 0.5) is 14.5 Å². The van der Waals surface area contributed by atoms with Crippen LogP contribution < -0.4 is 15.0 Å². The van der Waals surface area contributed by atoms with Crippen LogP contribution in [0.15, 0.2) is 30.3 Å². The summed E-state index contributed by atoms with van der Waals surface area (Å²) in [6.07, 6.45) is 10.3. The first kappa shape index (κ1) is 24.9. The van der Waals surface area contributed by atoms with Gasteiger partial charge in [-0.15, -0.1) is 0 Å². The molecular formula is C32H37F2N5O.